The first-order valence-corrected chi connectivity index (χ1v) is 11.7. The highest BCUT2D eigenvalue weighted by molar-refractivity contribution is 7.92. The van der Waals surface area contributed by atoms with Crippen molar-refractivity contribution in [3.63, 3.8) is 0 Å². The Hall–Kier alpha value is -3.53. The Morgan fingerprint density at radius 2 is 1.62 bits per heavy atom. The molecule has 0 unspecified atom stereocenters. The largest absolute Gasteiger partial charge is 0.457 e. The van der Waals surface area contributed by atoms with Crippen molar-refractivity contribution >= 4 is 20.7 Å². The zero-order valence-corrected chi connectivity index (χ0v) is 18.8. The van der Waals surface area contributed by atoms with Crippen molar-refractivity contribution in [3.05, 3.63) is 78.4 Å². The van der Waals surface area contributed by atoms with Gasteiger partial charge in [-0.15, -0.1) is 0 Å². The van der Waals surface area contributed by atoms with Crippen molar-refractivity contribution in [2.75, 3.05) is 0 Å². The Kier molecular flexibility index (Phi) is 6.03. The Balaban J connectivity index is 1.78. The number of benzene rings is 3. The molecule has 4 rings (SSSR count). The van der Waals surface area contributed by atoms with Crippen molar-refractivity contribution in [2.24, 2.45) is 0 Å². The number of alkyl halides is 3. The summed E-state index contributed by atoms with van der Waals surface area (Å²) in [4.78, 5) is 7.85. The molecule has 0 radical (unpaired) electrons. The number of para-hydroxylation sites is 1. The second-order valence-corrected chi connectivity index (χ2v) is 10.2. The van der Waals surface area contributed by atoms with Crippen molar-refractivity contribution in [1.82, 2.24) is 9.97 Å². The molecule has 0 amide bonds. The second-order valence-electron chi connectivity index (χ2n) is 7.73. The Labute approximate surface area is 193 Å². The Morgan fingerprint density at radius 3 is 2.32 bits per heavy atom. The summed E-state index contributed by atoms with van der Waals surface area (Å²) in [5.74, 6) is -0.374. The lowest BCUT2D eigenvalue weighted by Crippen LogP contribution is -2.13. The fourth-order valence-electron chi connectivity index (χ4n) is 3.40. The summed E-state index contributed by atoms with van der Waals surface area (Å²) in [7, 11) is -3.54. The molecule has 10 heteroatoms. The van der Waals surface area contributed by atoms with Crippen LogP contribution in [-0.4, -0.2) is 23.6 Å². The highest BCUT2D eigenvalue weighted by Crippen LogP contribution is 2.38. The van der Waals surface area contributed by atoms with Gasteiger partial charge in [-0.3, -0.25) is 0 Å². The van der Waals surface area contributed by atoms with E-state index in [0.717, 1.165) is 18.5 Å². The van der Waals surface area contributed by atoms with Crippen molar-refractivity contribution in [3.8, 4) is 22.8 Å². The third-order valence-corrected chi connectivity index (χ3v) is 7.31. The molecule has 1 aromatic heterocycles. The Bertz CT molecular complexity index is 1490. The second kappa shape index (κ2) is 8.68. The SMILES string of the molecule is CC(C)S(=O)(=O)c1cccc(Oc2ccc(F)c(-c3ncnc4c(C(F)(F)F)cccc34)c2)c1. The molecule has 4 aromatic rings. The molecular weight excluding hydrogens is 472 g/mol. The van der Waals surface area contributed by atoms with E-state index in [1.807, 2.05) is 0 Å². The van der Waals surface area contributed by atoms with Gasteiger partial charge >= 0.3 is 6.18 Å². The molecule has 0 spiro atoms. The maximum absolute atomic E-state index is 14.7. The van der Waals surface area contributed by atoms with Crippen LogP contribution < -0.4 is 4.74 Å². The summed E-state index contributed by atoms with van der Waals surface area (Å²) >= 11 is 0. The molecule has 0 bridgehead atoms. The fourth-order valence-corrected chi connectivity index (χ4v) is 4.50. The van der Waals surface area contributed by atoms with E-state index in [9.17, 15) is 26.0 Å². The highest BCUT2D eigenvalue weighted by atomic mass is 32.2. The molecule has 0 saturated heterocycles. The van der Waals surface area contributed by atoms with E-state index in [0.29, 0.717) is 0 Å². The molecule has 0 fully saturated rings. The normalized spacial score (nSPS) is 12.3. The van der Waals surface area contributed by atoms with E-state index in [1.54, 1.807) is 13.8 Å². The summed E-state index contributed by atoms with van der Waals surface area (Å²) in [5, 5.41) is -0.605. The molecule has 5 nitrogen and oxygen atoms in total. The summed E-state index contributed by atoms with van der Waals surface area (Å²) in [6, 6.07) is 13.1. The number of nitrogens with zero attached hydrogens (tertiary/aromatic N) is 2. The fraction of sp³-hybridized carbons (Fsp3) is 0.167. The molecule has 34 heavy (non-hydrogen) atoms. The van der Waals surface area contributed by atoms with Crippen LogP contribution in [0, 0.1) is 5.82 Å². The topological polar surface area (TPSA) is 69.2 Å². The van der Waals surface area contributed by atoms with Gasteiger partial charge in [0.05, 0.1) is 26.9 Å². The van der Waals surface area contributed by atoms with Crippen LogP contribution >= 0.6 is 0 Å². The molecule has 0 atom stereocenters. The van der Waals surface area contributed by atoms with Crippen LogP contribution in [0.4, 0.5) is 17.6 Å². The lowest BCUT2D eigenvalue weighted by atomic mass is 10.0. The smallest absolute Gasteiger partial charge is 0.418 e. The number of aromatic nitrogens is 2. The summed E-state index contributed by atoms with van der Waals surface area (Å²) < 4.78 is 85.6. The molecule has 0 saturated carbocycles. The maximum atomic E-state index is 14.7. The highest BCUT2D eigenvalue weighted by Gasteiger charge is 2.33. The molecule has 0 aliphatic rings. The average molecular weight is 490 g/mol. The van der Waals surface area contributed by atoms with Gasteiger partial charge in [-0.1, -0.05) is 18.2 Å². The maximum Gasteiger partial charge on any atom is 0.418 e. The van der Waals surface area contributed by atoms with E-state index >= 15 is 0 Å². The molecular formula is C24H18F4N2O3S. The quantitative estimate of drug-likeness (QED) is 0.302. The first-order valence-electron chi connectivity index (χ1n) is 10.1. The number of rotatable bonds is 5. The van der Waals surface area contributed by atoms with Crippen molar-refractivity contribution in [2.45, 2.75) is 30.2 Å². The van der Waals surface area contributed by atoms with E-state index in [-0.39, 0.29) is 38.6 Å². The van der Waals surface area contributed by atoms with Gasteiger partial charge in [-0.2, -0.15) is 13.2 Å². The van der Waals surface area contributed by atoms with Gasteiger partial charge < -0.3 is 4.74 Å². The van der Waals surface area contributed by atoms with Crippen molar-refractivity contribution in [1.29, 1.82) is 0 Å². The molecule has 3 aromatic carbocycles. The van der Waals surface area contributed by atoms with E-state index < -0.39 is 32.6 Å². The third kappa shape index (κ3) is 4.45. The van der Waals surface area contributed by atoms with Crippen molar-refractivity contribution < 1.29 is 30.7 Å². The predicted molar refractivity (Wildman–Crippen MR) is 119 cm³/mol. The zero-order chi connectivity index (χ0) is 24.7. The van der Waals surface area contributed by atoms with Crippen LogP contribution in [0.2, 0.25) is 0 Å². The van der Waals surface area contributed by atoms with Crippen LogP contribution in [0.5, 0.6) is 11.5 Å². The van der Waals surface area contributed by atoms with Crippen LogP contribution in [0.15, 0.2) is 71.9 Å². The van der Waals surface area contributed by atoms with Gasteiger partial charge in [0.15, 0.2) is 9.84 Å². The number of hydrogen-bond donors (Lipinski definition) is 0. The first kappa shape index (κ1) is 23.6. The number of sulfone groups is 1. The average Bonchev–Trinajstić information content (AvgIpc) is 2.79. The molecule has 1 heterocycles. The van der Waals surface area contributed by atoms with Crippen LogP contribution in [0.25, 0.3) is 22.2 Å². The number of halogens is 4. The van der Waals surface area contributed by atoms with Gasteiger partial charge in [0.1, 0.15) is 23.6 Å². The van der Waals surface area contributed by atoms with Gasteiger partial charge in [0.2, 0.25) is 0 Å². The summed E-state index contributed by atoms with van der Waals surface area (Å²) in [6.07, 6.45) is -3.70. The molecule has 176 valence electrons. The van der Waals surface area contributed by atoms with Gasteiger partial charge in [-0.25, -0.2) is 22.8 Å². The standard InChI is InChI=1S/C24H18F4N2O3S/c1-14(2)34(31,32)17-6-3-5-15(11-17)33-16-9-10-21(25)19(12-16)22-18-7-4-8-20(24(26,27)28)23(18)30-13-29-22/h3-14H,1-2H3. The van der Waals surface area contributed by atoms with E-state index in [1.165, 1.54) is 48.5 Å². The third-order valence-electron chi connectivity index (χ3n) is 5.15. The first-order chi connectivity index (χ1) is 16.0. The van der Waals surface area contributed by atoms with Crippen LogP contribution in [0.3, 0.4) is 0 Å². The van der Waals surface area contributed by atoms with Gasteiger partial charge in [0, 0.05) is 10.9 Å². The minimum Gasteiger partial charge on any atom is -0.457 e. The van der Waals surface area contributed by atoms with E-state index in [4.69, 9.17) is 4.74 Å². The van der Waals surface area contributed by atoms with E-state index in [2.05, 4.69) is 9.97 Å². The summed E-state index contributed by atoms with van der Waals surface area (Å²) in [6.45, 7) is 3.12. The predicted octanol–water partition coefficient (Wildman–Crippen LogP) is 6.43. The zero-order valence-electron chi connectivity index (χ0n) is 18.0. The molecule has 0 aliphatic carbocycles. The lowest BCUT2D eigenvalue weighted by molar-refractivity contribution is -0.136. The Morgan fingerprint density at radius 1 is 0.912 bits per heavy atom. The van der Waals surface area contributed by atoms with Crippen LogP contribution in [-0.2, 0) is 16.0 Å². The van der Waals surface area contributed by atoms with Crippen LogP contribution in [0.1, 0.15) is 19.4 Å². The summed E-state index contributed by atoms with van der Waals surface area (Å²) in [5.41, 5.74) is -1.42. The lowest BCUT2D eigenvalue weighted by Gasteiger charge is -2.13. The molecule has 0 N–H and O–H groups in total. The molecule has 0 aliphatic heterocycles. The number of fused-ring (bicyclic) bond motifs is 1. The number of hydrogen-bond acceptors (Lipinski definition) is 5. The minimum atomic E-state index is -4.64. The van der Waals surface area contributed by atoms with Gasteiger partial charge in [-0.05, 0) is 56.3 Å². The monoisotopic (exact) mass is 490 g/mol. The number of ether oxygens (including phenoxy) is 1. The van der Waals surface area contributed by atoms with Gasteiger partial charge in [0.25, 0.3) is 0 Å². The minimum absolute atomic E-state index is 0.0263.